The number of hydrogen-bond acceptors (Lipinski definition) is 4. The summed E-state index contributed by atoms with van der Waals surface area (Å²) in [6, 6.07) is 3.84. The lowest BCUT2D eigenvalue weighted by Gasteiger charge is -2.13. The van der Waals surface area contributed by atoms with E-state index in [-0.39, 0.29) is 0 Å². The first-order chi connectivity index (χ1) is 9.99. The molecular weight excluding hydrogens is 328 g/mol. The lowest BCUT2D eigenvalue weighted by Crippen LogP contribution is -2.21. The first-order valence-electron chi connectivity index (χ1n) is 7.14. The maximum absolute atomic E-state index is 4.62. The molecule has 0 radical (unpaired) electrons. The Balaban J connectivity index is 2.27. The monoisotopic (exact) mass is 348 g/mol. The van der Waals surface area contributed by atoms with Crippen LogP contribution in [0.4, 0.5) is 0 Å². The Kier molecular flexibility index (Phi) is 5.42. The minimum atomic E-state index is 0.635. The Morgan fingerprint density at radius 2 is 1.86 bits per heavy atom. The third-order valence-corrected chi connectivity index (χ3v) is 3.89. The molecule has 0 atom stereocenters. The van der Waals surface area contributed by atoms with Crippen LogP contribution in [-0.2, 0) is 6.54 Å². The summed E-state index contributed by atoms with van der Waals surface area (Å²) >= 11 is 3.50. The summed E-state index contributed by atoms with van der Waals surface area (Å²) < 4.78 is 0.912. The first-order valence-corrected chi connectivity index (χ1v) is 7.94. The molecule has 2 aromatic heterocycles. The number of rotatable bonds is 5. The molecule has 0 aliphatic rings. The fourth-order valence-corrected chi connectivity index (χ4v) is 2.57. The van der Waals surface area contributed by atoms with Crippen molar-refractivity contribution >= 4 is 15.9 Å². The molecule has 0 unspecified atom stereocenters. The van der Waals surface area contributed by atoms with Gasteiger partial charge in [-0.2, -0.15) is 0 Å². The van der Waals surface area contributed by atoms with E-state index in [2.05, 4.69) is 50.0 Å². The van der Waals surface area contributed by atoms with Gasteiger partial charge in [0, 0.05) is 34.2 Å². The van der Waals surface area contributed by atoms with Crippen LogP contribution < -0.4 is 5.32 Å². The van der Waals surface area contributed by atoms with E-state index in [4.69, 9.17) is 0 Å². The van der Waals surface area contributed by atoms with Gasteiger partial charge in [-0.3, -0.25) is 4.98 Å². The minimum Gasteiger partial charge on any atom is -0.312 e. The van der Waals surface area contributed by atoms with Gasteiger partial charge in [0.25, 0.3) is 0 Å². The van der Waals surface area contributed by atoms with Gasteiger partial charge in [0.05, 0.1) is 0 Å². The van der Waals surface area contributed by atoms with Crippen molar-refractivity contribution in [1.82, 2.24) is 20.3 Å². The third kappa shape index (κ3) is 4.08. The highest BCUT2D eigenvalue weighted by Gasteiger charge is 2.12. The van der Waals surface area contributed by atoms with Crippen molar-refractivity contribution in [3.63, 3.8) is 0 Å². The van der Waals surface area contributed by atoms with Crippen LogP contribution in [0.3, 0.4) is 0 Å². The standard InChI is InChI=1S/C16H21BrN4/c1-10(2)8-18-9-13-11(3)20-16(21-12(13)4)15-14(17)6-5-7-19-15/h5-7,10,18H,8-9H2,1-4H3. The van der Waals surface area contributed by atoms with Gasteiger partial charge in [-0.15, -0.1) is 0 Å². The summed E-state index contributed by atoms with van der Waals surface area (Å²) in [5.41, 5.74) is 3.97. The van der Waals surface area contributed by atoms with Crippen molar-refractivity contribution < 1.29 is 0 Å². The summed E-state index contributed by atoms with van der Waals surface area (Å²) in [6.07, 6.45) is 1.76. The molecule has 0 fully saturated rings. The van der Waals surface area contributed by atoms with Crippen molar-refractivity contribution in [3.8, 4) is 11.5 Å². The number of halogens is 1. The largest absolute Gasteiger partial charge is 0.312 e. The molecular formula is C16H21BrN4. The lowest BCUT2D eigenvalue weighted by molar-refractivity contribution is 0.549. The molecule has 2 rings (SSSR count). The Labute approximate surface area is 134 Å². The van der Waals surface area contributed by atoms with Crippen molar-refractivity contribution in [2.75, 3.05) is 6.54 Å². The summed E-state index contributed by atoms with van der Waals surface area (Å²) in [5, 5.41) is 3.45. The number of pyridine rings is 1. The smallest absolute Gasteiger partial charge is 0.179 e. The maximum Gasteiger partial charge on any atom is 0.179 e. The number of nitrogens with one attached hydrogen (secondary N) is 1. The van der Waals surface area contributed by atoms with Crippen LogP contribution in [0.1, 0.15) is 30.8 Å². The molecule has 0 aromatic carbocycles. The summed E-state index contributed by atoms with van der Waals surface area (Å²) in [4.78, 5) is 13.6. The summed E-state index contributed by atoms with van der Waals surface area (Å²) in [7, 11) is 0. The Hall–Kier alpha value is -1.33. The number of aromatic nitrogens is 3. The molecule has 2 aromatic rings. The van der Waals surface area contributed by atoms with Crippen LogP contribution >= 0.6 is 15.9 Å². The zero-order chi connectivity index (χ0) is 15.4. The fraction of sp³-hybridized carbons (Fsp3) is 0.438. The molecule has 0 saturated heterocycles. The zero-order valence-electron chi connectivity index (χ0n) is 12.9. The fourth-order valence-electron chi connectivity index (χ4n) is 2.14. The second-order valence-electron chi connectivity index (χ2n) is 5.56. The van der Waals surface area contributed by atoms with E-state index in [1.54, 1.807) is 6.20 Å². The Morgan fingerprint density at radius 1 is 1.19 bits per heavy atom. The minimum absolute atomic E-state index is 0.635. The second kappa shape index (κ2) is 7.09. The van der Waals surface area contributed by atoms with E-state index in [1.807, 2.05) is 26.0 Å². The van der Waals surface area contributed by atoms with Crippen LogP contribution in [0.15, 0.2) is 22.8 Å². The lowest BCUT2D eigenvalue weighted by atomic mass is 10.1. The van der Waals surface area contributed by atoms with Crippen molar-refractivity contribution in [2.45, 2.75) is 34.2 Å². The van der Waals surface area contributed by atoms with Crippen LogP contribution in [0, 0.1) is 19.8 Å². The van der Waals surface area contributed by atoms with E-state index in [1.165, 1.54) is 5.56 Å². The summed E-state index contributed by atoms with van der Waals surface area (Å²) in [5.74, 6) is 1.31. The average molecular weight is 349 g/mol. The molecule has 0 spiro atoms. The molecule has 2 heterocycles. The molecule has 0 bridgehead atoms. The van der Waals surface area contributed by atoms with Gasteiger partial charge in [0.2, 0.25) is 0 Å². The molecule has 0 amide bonds. The van der Waals surface area contributed by atoms with Crippen LogP contribution in [0.2, 0.25) is 0 Å². The quantitative estimate of drug-likeness (QED) is 0.895. The molecule has 0 saturated carbocycles. The molecule has 21 heavy (non-hydrogen) atoms. The average Bonchev–Trinajstić information content (AvgIpc) is 2.42. The number of aryl methyl sites for hydroxylation is 2. The van der Waals surface area contributed by atoms with E-state index >= 15 is 0 Å². The predicted octanol–water partition coefficient (Wildman–Crippen LogP) is 3.66. The van der Waals surface area contributed by atoms with Crippen LogP contribution in [-0.4, -0.2) is 21.5 Å². The predicted molar refractivity (Wildman–Crippen MR) is 89.0 cm³/mol. The van der Waals surface area contributed by atoms with E-state index in [0.29, 0.717) is 11.7 Å². The van der Waals surface area contributed by atoms with Crippen molar-refractivity contribution in [2.24, 2.45) is 5.92 Å². The van der Waals surface area contributed by atoms with Gasteiger partial charge in [0.15, 0.2) is 5.82 Å². The van der Waals surface area contributed by atoms with Crippen molar-refractivity contribution in [3.05, 3.63) is 39.8 Å². The normalized spacial score (nSPS) is 11.1. The molecule has 5 heteroatoms. The van der Waals surface area contributed by atoms with Gasteiger partial charge in [-0.05, 0) is 54.4 Å². The highest BCUT2D eigenvalue weighted by Crippen LogP contribution is 2.24. The van der Waals surface area contributed by atoms with Gasteiger partial charge in [-0.25, -0.2) is 9.97 Å². The Bertz CT molecular complexity index is 602. The van der Waals surface area contributed by atoms with E-state index in [9.17, 15) is 0 Å². The third-order valence-electron chi connectivity index (χ3n) is 3.25. The number of hydrogen-bond donors (Lipinski definition) is 1. The van der Waals surface area contributed by atoms with E-state index < -0.39 is 0 Å². The van der Waals surface area contributed by atoms with Crippen molar-refractivity contribution in [1.29, 1.82) is 0 Å². The van der Waals surface area contributed by atoms with Gasteiger partial charge < -0.3 is 5.32 Å². The summed E-state index contributed by atoms with van der Waals surface area (Å²) in [6.45, 7) is 10.3. The molecule has 0 aliphatic carbocycles. The second-order valence-corrected chi connectivity index (χ2v) is 6.41. The topological polar surface area (TPSA) is 50.7 Å². The van der Waals surface area contributed by atoms with Gasteiger partial charge in [0.1, 0.15) is 5.69 Å². The van der Waals surface area contributed by atoms with Crippen LogP contribution in [0.25, 0.3) is 11.5 Å². The Morgan fingerprint density at radius 3 is 2.43 bits per heavy atom. The molecule has 112 valence electrons. The molecule has 0 aliphatic heterocycles. The van der Waals surface area contributed by atoms with Crippen LogP contribution in [0.5, 0.6) is 0 Å². The zero-order valence-corrected chi connectivity index (χ0v) is 14.5. The highest BCUT2D eigenvalue weighted by atomic mass is 79.9. The van der Waals surface area contributed by atoms with E-state index in [0.717, 1.165) is 34.6 Å². The highest BCUT2D eigenvalue weighted by molar-refractivity contribution is 9.10. The number of nitrogens with zero attached hydrogens (tertiary/aromatic N) is 3. The molecule has 1 N–H and O–H groups in total. The first kappa shape index (κ1) is 16.0. The van der Waals surface area contributed by atoms with Gasteiger partial charge >= 0.3 is 0 Å². The maximum atomic E-state index is 4.62. The van der Waals surface area contributed by atoms with Gasteiger partial charge in [-0.1, -0.05) is 13.8 Å². The SMILES string of the molecule is Cc1nc(-c2ncccc2Br)nc(C)c1CNCC(C)C. The molecule has 4 nitrogen and oxygen atoms in total.